The van der Waals surface area contributed by atoms with Gasteiger partial charge >= 0.3 is 12.6 Å². The van der Waals surface area contributed by atoms with Gasteiger partial charge in [0.1, 0.15) is 5.75 Å². The fourth-order valence-corrected chi connectivity index (χ4v) is 2.89. The van der Waals surface area contributed by atoms with Crippen LogP contribution in [0.5, 0.6) is 5.75 Å². The smallest absolute Gasteiger partial charge is 0.387 e. The second-order valence-corrected chi connectivity index (χ2v) is 7.12. The summed E-state index contributed by atoms with van der Waals surface area (Å²) in [6.45, 7) is 0.222. The number of alkyl halides is 2. The van der Waals surface area contributed by atoms with Crippen molar-refractivity contribution in [2.24, 2.45) is 0 Å². The van der Waals surface area contributed by atoms with Crippen molar-refractivity contribution in [2.75, 3.05) is 6.61 Å². The van der Waals surface area contributed by atoms with E-state index in [2.05, 4.69) is 15.0 Å². The van der Waals surface area contributed by atoms with Crippen LogP contribution in [0.15, 0.2) is 54.6 Å². The Hall–Kier alpha value is -3.88. The zero-order valence-electron chi connectivity index (χ0n) is 17.3. The molecule has 0 aliphatic carbocycles. The van der Waals surface area contributed by atoms with Crippen molar-refractivity contribution < 1.29 is 32.6 Å². The average Bonchev–Trinajstić information content (AvgIpc) is 2.76. The van der Waals surface area contributed by atoms with Gasteiger partial charge in [-0.15, -0.1) is 0 Å². The molecule has 0 aliphatic heterocycles. The van der Waals surface area contributed by atoms with Gasteiger partial charge in [-0.1, -0.05) is 32.0 Å². The van der Waals surface area contributed by atoms with Gasteiger partial charge in [0, 0.05) is 16.6 Å². The van der Waals surface area contributed by atoms with Gasteiger partial charge in [-0.2, -0.15) is 8.78 Å². The van der Waals surface area contributed by atoms with Crippen molar-refractivity contribution in [1.29, 1.82) is 0 Å². The van der Waals surface area contributed by atoms with Crippen molar-refractivity contribution in [1.82, 2.24) is 10.3 Å². The lowest BCUT2D eigenvalue weighted by molar-refractivity contribution is -0.123. The highest BCUT2D eigenvalue weighted by Gasteiger charge is 2.18. The van der Waals surface area contributed by atoms with E-state index in [0.717, 1.165) is 0 Å². The number of aromatic nitrogens is 1. The number of imide groups is 1. The SMILES string of the molecule is CC(C)c1cc(C(=O)OCC(=O)NC(=O)c2ccc(OC(F)F)cc2)c2ccccc2n1. The number of carbonyl (C=O) groups is 3. The molecule has 0 fully saturated rings. The Kier molecular flexibility index (Phi) is 7.09. The molecule has 0 spiro atoms. The van der Waals surface area contributed by atoms with E-state index in [4.69, 9.17) is 4.74 Å². The molecule has 0 saturated heterocycles. The summed E-state index contributed by atoms with van der Waals surface area (Å²) in [6.07, 6.45) is 0. The third kappa shape index (κ3) is 5.63. The molecule has 1 N–H and O–H groups in total. The van der Waals surface area contributed by atoms with Crippen LogP contribution < -0.4 is 10.1 Å². The van der Waals surface area contributed by atoms with Crippen LogP contribution in [0.3, 0.4) is 0 Å². The second-order valence-electron chi connectivity index (χ2n) is 7.12. The molecule has 7 nitrogen and oxygen atoms in total. The predicted molar refractivity (Wildman–Crippen MR) is 112 cm³/mol. The Labute approximate surface area is 182 Å². The van der Waals surface area contributed by atoms with Crippen LogP contribution in [-0.4, -0.2) is 36.0 Å². The number of nitrogens with one attached hydrogen (secondary N) is 1. The van der Waals surface area contributed by atoms with Gasteiger partial charge in [0.2, 0.25) is 0 Å². The topological polar surface area (TPSA) is 94.6 Å². The Bertz CT molecular complexity index is 1150. The molecule has 0 saturated carbocycles. The average molecular weight is 442 g/mol. The van der Waals surface area contributed by atoms with E-state index in [1.165, 1.54) is 24.3 Å². The number of para-hydroxylation sites is 1. The maximum atomic E-state index is 12.6. The molecule has 166 valence electrons. The fraction of sp³-hybridized carbons (Fsp3) is 0.217. The van der Waals surface area contributed by atoms with Crippen molar-refractivity contribution in [2.45, 2.75) is 26.4 Å². The lowest BCUT2D eigenvalue weighted by Crippen LogP contribution is -2.34. The summed E-state index contributed by atoms with van der Waals surface area (Å²) >= 11 is 0. The number of amides is 2. The summed E-state index contributed by atoms with van der Waals surface area (Å²) in [5.74, 6) is -2.38. The summed E-state index contributed by atoms with van der Waals surface area (Å²) in [7, 11) is 0. The van der Waals surface area contributed by atoms with Crippen molar-refractivity contribution in [3.8, 4) is 5.75 Å². The number of fused-ring (bicyclic) bond motifs is 1. The number of pyridine rings is 1. The molecule has 3 rings (SSSR count). The molecule has 9 heteroatoms. The van der Waals surface area contributed by atoms with Crippen LogP contribution in [0, 0.1) is 0 Å². The van der Waals surface area contributed by atoms with Crippen LogP contribution in [0.25, 0.3) is 10.9 Å². The molecule has 32 heavy (non-hydrogen) atoms. The third-order valence-corrected chi connectivity index (χ3v) is 4.48. The number of ether oxygens (including phenoxy) is 2. The molecule has 2 amide bonds. The molecule has 0 bridgehead atoms. The second kappa shape index (κ2) is 9.95. The minimum atomic E-state index is -2.99. The molecule has 0 unspecified atom stereocenters. The Balaban J connectivity index is 1.64. The van der Waals surface area contributed by atoms with E-state index in [9.17, 15) is 23.2 Å². The minimum absolute atomic E-state index is 0.0491. The number of benzene rings is 2. The van der Waals surface area contributed by atoms with Crippen molar-refractivity contribution >= 4 is 28.7 Å². The molecular weight excluding hydrogens is 422 g/mol. The molecule has 0 aliphatic rings. The highest BCUT2D eigenvalue weighted by molar-refractivity contribution is 6.07. The summed E-state index contributed by atoms with van der Waals surface area (Å²) in [4.78, 5) is 41.4. The molecule has 0 atom stereocenters. The van der Waals surface area contributed by atoms with Gasteiger partial charge in [0.15, 0.2) is 6.61 Å². The standard InChI is InChI=1S/C23H20F2N2O5/c1-13(2)19-11-17(16-5-3-4-6-18(16)26-19)22(30)31-12-20(28)27-21(29)14-7-9-15(10-8-14)32-23(24)25/h3-11,13,23H,12H2,1-2H3,(H,27,28,29). The van der Waals surface area contributed by atoms with E-state index in [0.29, 0.717) is 16.6 Å². The number of hydrogen-bond donors (Lipinski definition) is 1. The quantitative estimate of drug-likeness (QED) is 0.555. The van der Waals surface area contributed by atoms with E-state index < -0.39 is 31.0 Å². The lowest BCUT2D eigenvalue weighted by Gasteiger charge is -2.11. The van der Waals surface area contributed by atoms with Crippen molar-refractivity contribution in [3.05, 3.63) is 71.4 Å². The van der Waals surface area contributed by atoms with E-state index in [-0.39, 0.29) is 22.8 Å². The number of halogens is 2. The summed E-state index contributed by atoms with van der Waals surface area (Å²) in [6, 6.07) is 13.5. The summed E-state index contributed by atoms with van der Waals surface area (Å²) in [5, 5.41) is 2.66. The molecule has 3 aromatic rings. The van der Waals surface area contributed by atoms with E-state index >= 15 is 0 Å². The van der Waals surface area contributed by atoms with Crippen LogP contribution >= 0.6 is 0 Å². The van der Waals surface area contributed by atoms with E-state index in [1.54, 1.807) is 30.3 Å². The number of nitrogens with zero attached hydrogens (tertiary/aromatic N) is 1. The Morgan fingerprint density at radius 1 is 1.03 bits per heavy atom. The maximum absolute atomic E-state index is 12.6. The highest BCUT2D eigenvalue weighted by atomic mass is 19.3. The van der Waals surface area contributed by atoms with Gasteiger partial charge in [-0.05, 0) is 42.3 Å². The highest BCUT2D eigenvalue weighted by Crippen LogP contribution is 2.23. The Morgan fingerprint density at radius 3 is 2.38 bits per heavy atom. The number of carbonyl (C=O) groups excluding carboxylic acids is 3. The summed E-state index contributed by atoms with van der Waals surface area (Å²) < 4.78 is 33.7. The molecule has 1 aromatic heterocycles. The van der Waals surface area contributed by atoms with Crippen molar-refractivity contribution in [3.63, 3.8) is 0 Å². The van der Waals surface area contributed by atoms with Crippen LogP contribution in [0.2, 0.25) is 0 Å². The van der Waals surface area contributed by atoms with Gasteiger partial charge < -0.3 is 9.47 Å². The van der Waals surface area contributed by atoms with Gasteiger partial charge in [-0.3, -0.25) is 19.9 Å². The first-order valence-corrected chi connectivity index (χ1v) is 9.70. The van der Waals surface area contributed by atoms with E-state index in [1.807, 2.05) is 13.8 Å². The lowest BCUT2D eigenvalue weighted by atomic mass is 10.0. The summed E-state index contributed by atoms with van der Waals surface area (Å²) in [5.41, 5.74) is 1.65. The monoisotopic (exact) mass is 442 g/mol. The zero-order valence-corrected chi connectivity index (χ0v) is 17.3. The number of hydrogen-bond acceptors (Lipinski definition) is 6. The van der Waals surface area contributed by atoms with Crippen LogP contribution in [0.4, 0.5) is 8.78 Å². The van der Waals surface area contributed by atoms with Gasteiger partial charge in [-0.25, -0.2) is 4.79 Å². The first kappa shape index (κ1) is 22.8. The molecule has 0 radical (unpaired) electrons. The fourth-order valence-electron chi connectivity index (χ4n) is 2.89. The van der Waals surface area contributed by atoms with Gasteiger partial charge in [0.25, 0.3) is 11.8 Å². The maximum Gasteiger partial charge on any atom is 0.387 e. The largest absolute Gasteiger partial charge is 0.452 e. The predicted octanol–water partition coefficient (Wildman–Crippen LogP) is 4.07. The first-order chi connectivity index (χ1) is 15.2. The number of rotatable bonds is 7. The normalized spacial score (nSPS) is 10.9. The Morgan fingerprint density at radius 2 is 1.72 bits per heavy atom. The number of esters is 1. The zero-order chi connectivity index (χ0) is 23.3. The van der Waals surface area contributed by atoms with Crippen LogP contribution in [-0.2, 0) is 9.53 Å². The first-order valence-electron chi connectivity index (χ1n) is 9.70. The molecule has 2 aromatic carbocycles. The van der Waals surface area contributed by atoms with Crippen LogP contribution in [0.1, 0.15) is 46.2 Å². The third-order valence-electron chi connectivity index (χ3n) is 4.48. The molecular formula is C23H20F2N2O5. The minimum Gasteiger partial charge on any atom is -0.452 e. The molecule has 1 heterocycles. The van der Waals surface area contributed by atoms with Gasteiger partial charge in [0.05, 0.1) is 11.1 Å².